The van der Waals surface area contributed by atoms with E-state index in [1.54, 1.807) is 0 Å². The molecule has 1 aliphatic rings. The summed E-state index contributed by atoms with van der Waals surface area (Å²) < 4.78 is 15.6. The summed E-state index contributed by atoms with van der Waals surface area (Å²) >= 11 is 0. The molecule has 1 saturated carbocycles. The number of esters is 2. The van der Waals surface area contributed by atoms with Gasteiger partial charge in [-0.1, -0.05) is 50.1 Å². The lowest BCUT2D eigenvalue weighted by Crippen LogP contribution is -2.25. The molecule has 0 spiro atoms. The van der Waals surface area contributed by atoms with Gasteiger partial charge in [0.05, 0.1) is 26.6 Å². The molecule has 1 unspecified atom stereocenters. The first-order valence-electron chi connectivity index (χ1n) is 11.1. The van der Waals surface area contributed by atoms with Crippen LogP contribution in [0.3, 0.4) is 0 Å². The van der Waals surface area contributed by atoms with Gasteiger partial charge in [-0.25, -0.2) is 0 Å². The van der Waals surface area contributed by atoms with E-state index in [0.29, 0.717) is 18.3 Å². The van der Waals surface area contributed by atoms with Gasteiger partial charge in [-0.15, -0.1) is 0 Å². The second-order valence-corrected chi connectivity index (χ2v) is 9.15. The number of ether oxygens (including phenoxy) is 2. The summed E-state index contributed by atoms with van der Waals surface area (Å²) in [6.07, 6.45) is 9.87. The number of carbonyl (C=O) groups is 2. The molecular weight excluding hydrogens is 386 g/mol. The van der Waals surface area contributed by atoms with Crippen LogP contribution in [0.1, 0.15) is 96.2 Å². The Morgan fingerprint density at radius 1 is 1.20 bits per heavy atom. The number of hydrogen-bond acceptors (Lipinski definition) is 8. The highest BCUT2D eigenvalue weighted by molar-refractivity contribution is 5.71. The first kappa shape index (κ1) is 24.3. The quantitative estimate of drug-likeness (QED) is 0.535. The van der Waals surface area contributed by atoms with E-state index in [1.807, 2.05) is 20.8 Å². The molecule has 170 valence electrons. The Kier molecular flexibility index (Phi) is 9.75. The molecule has 1 fully saturated rings. The van der Waals surface area contributed by atoms with Gasteiger partial charge in [0.2, 0.25) is 5.89 Å². The number of rotatable bonds is 11. The molecule has 8 heteroatoms. The van der Waals surface area contributed by atoms with E-state index >= 15 is 0 Å². The van der Waals surface area contributed by atoms with Gasteiger partial charge in [0.25, 0.3) is 0 Å². The maximum Gasteiger partial charge on any atom is 0.319 e. The molecule has 1 aliphatic carbocycles. The van der Waals surface area contributed by atoms with E-state index in [1.165, 1.54) is 45.6 Å². The summed E-state index contributed by atoms with van der Waals surface area (Å²) in [5.74, 6) is 0.930. The van der Waals surface area contributed by atoms with Crippen LogP contribution in [0.15, 0.2) is 4.52 Å². The molecule has 1 heterocycles. The highest BCUT2D eigenvalue weighted by Gasteiger charge is 2.26. The zero-order valence-electron chi connectivity index (χ0n) is 18.9. The standard InChI is InChI=1S/C22H37N3O5/c1-22(2,3)29-19(26)13-17(12-8-11-16-9-6-5-7-10-16)21-24-18(25-30-21)14-23-15-20(27)28-4/h16-17,23H,5-15H2,1-4H3. The van der Waals surface area contributed by atoms with Crippen molar-refractivity contribution in [2.45, 2.75) is 96.6 Å². The van der Waals surface area contributed by atoms with Gasteiger partial charge in [0, 0.05) is 5.92 Å². The third kappa shape index (κ3) is 9.24. The van der Waals surface area contributed by atoms with E-state index in [2.05, 4.69) is 20.2 Å². The average Bonchev–Trinajstić information content (AvgIpc) is 3.15. The third-order valence-corrected chi connectivity index (χ3v) is 5.34. The molecule has 0 aromatic carbocycles. The molecule has 0 radical (unpaired) electrons. The molecule has 8 nitrogen and oxygen atoms in total. The van der Waals surface area contributed by atoms with Crippen molar-refractivity contribution >= 4 is 11.9 Å². The van der Waals surface area contributed by atoms with Crippen LogP contribution in [0.2, 0.25) is 0 Å². The monoisotopic (exact) mass is 423 g/mol. The van der Waals surface area contributed by atoms with Crippen molar-refractivity contribution in [3.8, 4) is 0 Å². The zero-order valence-corrected chi connectivity index (χ0v) is 18.9. The number of nitrogens with zero attached hydrogens (tertiary/aromatic N) is 2. The van der Waals surface area contributed by atoms with Crippen molar-refractivity contribution in [1.82, 2.24) is 15.5 Å². The Balaban J connectivity index is 1.93. The van der Waals surface area contributed by atoms with Gasteiger partial charge in [0.15, 0.2) is 5.82 Å². The lowest BCUT2D eigenvalue weighted by Gasteiger charge is -2.23. The number of carbonyl (C=O) groups excluding carboxylic acids is 2. The molecule has 30 heavy (non-hydrogen) atoms. The fourth-order valence-electron chi connectivity index (χ4n) is 3.88. The van der Waals surface area contributed by atoms with Gasteiger partial charge < -0.3 is 14.0 Å². The van der Waals surface area contributed by atoms with Crippen LogP contribution in [0.4, 0.5) is 0 Å². The highest BCUT2D eigenvalue weighted by atomic mass is 16.6. The van der Waals surface area contributed by atoms with Crippen molar-refractivity contribution in [1.29, 1.82) is 0 Å². The van der Waals surface area contributed by atoms with Gasteiger partial charge in [-0.3, -0.25) is 14.9 Å². The molecular formula is C22H37N3O5. The average molecular weight is 424 g/mol. The first-order valence-corrected chi connectivity index (χ1v) is 11.1. The summed E-state index contributed by atoms with van der Waals surface area (Å²) in [4.78, 5) is 28.1. The van der Waals surface area contributed by atoms with Crippen LogP contribution in [-0.4, -0.2) is 41.3 Å². The third-order valence-electron chi connectivity index (χ3n) is 5.34. The van der Waals surface area contributed by atoms with E-state index in [4.69, 9.17) is 9.26 Å². The number of methoxy groups -OCH3 is 1. The lowest BCUT2D eigenvalue weighted by atomic mass is 9.84. The van der Waals surface area contributed by atoms with E-state index in [0.717, 1.165) is 18.8 Å². The van der Waals surface area contributed by atoms with Gasteiger partial charge in [0.1, 0.15) is 5.60 Å². The Morgan fingerprint density at radius 2 is 1.93 bits per heavy atom. The summed E-state index contributed by atoms with van der Waals surface area (Å²) in [5.41, 5.74) is -0.526. The fourth-order valence-corrected chi connectivity index (χ4v) is 3.88. The predicted molar refractivity (Wildman–Crippen MR) is 112 cm³/mol. The summed E-state index contributed by atoms with van der Waals surface area (Å²) in [5, 5.41) is 6.90. The number of hydrogen-bond donors (Lipinski definition) is 1. The molecule has 1 N–H and O–H groups in total. The molecule has 0 aliphatic heterocycles. The smallest absolute Gasteiger partial charge is 0.319 e. The number of aromatic nitrogens is 2. The molecule has 1 aromatic heterocycles. The minimum Gasteiger partial charge on any atom is -0.468 e. The molecule has 0 bridgehead atoms. The van der Waals surface area contributed by atoms with Crippen molar-refractivity contribution < 1.29 is 23.6 Å². The second kappa shape index (κ2) is 12.0. The topological polar surface area (TPSA) is 104 Å². The van der Waals surface area contributed by atoms with Crippen LogP contribution >= 0.6 is 0 Å². The van der Waals surface area contributed by atoms with Crippen LogP contribution in [0.5, 0.6) is 0 Å². The minimum atomic E-state index is -0.526. The lowest BCUT2D eigenvalue weighted by molar-refractivity contribution is -0.155. The molecule has 1 aromatic rings. The van der Waals surface area contributed by atoms with Crippen LogP contribution in [0, 0.1) is 5.92 Å². The molecule has 0 saturated heterocycles. The Labute approximate surface area is 179 Å². The Hall–Kier alpha value is -1.96. The van der Waals surface area contributed by atoms with Gasteiger partial charge in [-0.05, 0) is 33.1 Å². The largest absolute Gasteiger partial charge is 0.468 e. The predicted octanol–water partition coefficient (Wildman–Crippen LogP) is 3.90. The minimum absolute atomic E-state index is 0.0725. The highest BCUT2D eigenvalue weighted by Crippen LogP contribution is 2.31. The van der Waals surface area contributed by atoms with Crippen molar-refractivity contribution in [2.75, 3.05) is 13.7 Å². The van der Waals surface area contributed by atoms with E-state index in [-0.39, 0.29) is 30.8 Å². The summed E-state index contributed by atoms with van der Waals surface area (Å²) in [6, 6.07) is 0. The van der Waals surface area contributed by atoms with Crippen LogP contribution < -0.4 is 5.32 Å². The molecule has 0 amide bonds. The SMILES string of the molecule is COC(=O)CNCc1noc(C(CCCC2CCCCC2)CC(=O)OC(C)(C)C)n1. The molecule has 1 atom stereocenters. The molecule has 2 rings (SSSR count). The van der Waals surface area contributed by atoms with Crippen molar-refractivity contribution in [3.05, 3.63) is 11.7 Å². The Bertz CT molecular complexity index is 662. The van der Waals surface area contributed by atoms with Crippen molar-refractivity contribution in [2.24, 2.45) is 5.92 Å². The zero-order chi connectivity index (χ0) is 22.0. The van der Waals surface area contributed by atoms with Crippen LogP contribution in [0.25, 0.3) is 0 Å². The van der Waals surface area contributed by atoms with Crippen molar-refractivity contribution in [3.63, 3.8) is 0 Å². The second-order valence-electron chi connectivity index (χ2n) is 9.15. The van der Waals surface area contributed by atoms with E-state index < -0.39 is 5.60 Å². The normalized spacial score (nSPS) is 16.3. The maximum atomic E-state index is 12.4. The summed E-state index contributed by atoms with van der Waals surface area (Å²) in [6.45, 7) is 5.95. The van der Waals surface area contributed by atoms with Gasteiger partial charge >= 0.3 is 11.9 Å². The maximum absolute atomic E-state index is 12.4. The summed E-state index contributed by atoms with van der Waals surface area (Å²) in [7, 11) is 1.34. The first-order chi connectivity index (χ1) is 14.3. The fraction of sp³-hybridized carbons (Fsp3) is 0.818. The Morgan fingerprint density at radius 3 is 2.60 bits per heavy atom. The number of nitrogens with one attached hydrogen (secondary N) is 1. The van der Waals surface area contributed by atoms with Gasteiger partial charge in [-0.2, -0.15) is 4.98 Å². The van der Waals surface area contributed by atoms with Crippen LogP contribution in [-0.2, 0) is 25.6 Å². The van der Waals surface area contributed by atoms with E-state index in [9.17, 15) is 9.59 Å².